The highest BCUT2D eigenvalue weighted by molar-refractivity contribution is 5.34. The van der Waals surface area contributed by atoms with Crippen LogP contribution in [0.15, 0.2) is 42.6 Å². The summed E-state index contributed by atoms with van der Waals surface area (Å²) in [5.41, 5.74) is 0.740. The zero-order valence-corrected chi connectivity index (χ0v) is 8.77. The van der Waals surface area contributed by atoms with E-state index in [0.29, 0.717) is 5.69 Å². The van der Waals surface area contributed by atoms with E-state index < -0.39 is 17.6 Å². The molecule has 4 heteroatoms. The van der Waals surface area contributed by atoms with Crippen molar-refractivity contribution in [1.29, 1.82) is 5.26 Å². The molecule has 0 aliphatic carbocycles. The Morgan fingerprint density at radius 3 is 2.35 bits per heavy atom. The molecule has 84 valence electrons. The summed E-state index contributed by atoms with van der Waals surface area (Å²) in [6.07, 6.45) is 1.54. The Bertz CT molecular complexity index is 541. The van der Waals surface area contributed by atoms with Crippen LogP contribution < -0.4 is 0 Å². The first-order chi connectivity index (χ1) is 8.20. The first kappa shape index (κ1) is 11.2. The largest absolute Gasteiger partial charge is 0.260 e. The van der Waals surface area contributed by atoms with Gasteiger partial charge in [0, 0.05) is 12.3 Å². The maximum absolute atomic E-state index is 13.1. The Balaban J connectivity index is 2.47. The number of nitrogens with zero attached hydrogens (tertiary/aromatic N) is 2. The molecule has 0 saturated heterocycles. The van der Waals surface area contributed by atoms with Crippen LogP contribution >= 0.6 is 0 Å². The molecule has 0 radical (unpaired) electrons. The number of nitriles is 1. The Morgan fingerprint density at radius 1 is 1.12 bits per heavy atom. The van der Waals surface area contributed by atoms with E-state index in [9.17, 15) is 8.78 Å². The maximum atomic E-state index is 13.1. The van der Waals surface area contributed by atoms with Gasteiger partial charge in [0.05, 0.1) is 11.8 Å². The van der Waals surface area contributed by atoms with Crippen molar-refractivity contribution < 1.29 is 8.78 Å². The predicted molar refractivity (Wildman–Crippen MR) is 58.1 cm³/mol. The van der Waals surface area contributed by atoms with Crippen molar-refractivity contribution in [2.45, 2.75) is 5.92 Å². The number of aromatic nitrogens is 1. The van der Waals surface area contributed by atoms with E-state index in [1.807, 2.05) is 6.07 Å². The first-order valence-electron chi connectivity index (χ1n) is 4.97. The molecule has 0 aliphatic rings. The summed E-state index contributed by atoms with van der Waals surface area (Å²) in [4.78, 5) is 4.02. The Labute approximate surface area is 97.2 Å². The van der Waals surface area contributed by atoms with Gasteiger partial charge >= 0.3 is 0 Å². The van der Waals surface area contributed by atoms with Gasteiger partial charge in [-0.3, -0.25) is 4.98 Å². The van der Waals surface area contributed by atoms with Gasteiger partial charge in [-0.05, 0) is 29.8 Å². The van der Waals surface area contributed by atoms with Gasteiger partial charge in [0.1, 0.15) is 17.6 Å². The van der Waals surface area contributed by atoms with Crippen molar-refractivity contribution >= 4 is 0 Å². The molecule has 17 heavy (non-hydrogen) atoms. The Morgan fingerprint density at radius 2 is 1.82 bits per heavy atom. The van der Waals surface area contributed by atoms with Gasteiger partial charge in [0.15, 0.2) is 0 Å². The molecule has 1 unspecified atom stereocenters. The average molecular weight is 230 g/mol. The van der Waals surface area contributed by atoms with Crippen LogP contribution in [0, 0.1) is 23.0 Å². The number of halogens is 2. The average Bonchev–Trinajstić information content (AvgIpc) is 2.30. The monoisotopic (exact) mass is 230 g/mol. The minimum atomic E-state index is -0.763. The van der Waals surface area contributed by atoms with E-state index in [1.54, 1.807) is 18.2 Å². The van der Waals surface area contributed by atoms with Crippen LogP contribution in [0.4, 0.5) is 8.78 Å². The van der Waals surface area contributed by atoms with Crippen molar-refractivity contribution in [3.63, 3.8) is 0 Å². The van der Waals surface area contributed by atoms with Crippen LogP contribution in [0.3, 0.4) is 0 Å². The van der Waals surface area contributed by atoms with Gasteiger partial charge in [-0.15, -0.1) is 0 Å². The number of benzene rings is 1. The summed E-state index contributed by atoms with van der Waals surface area (Å²) in [6, 6.07) is 10.1. The molecule has 0 spiro atoms. The van der Waals surface area contributed by atoms with E-state index in [2.05, 4.69) is 4.98 Å². The lowest BCUT2D eigenvalue weighted by Crippen LogP contribution is -2.01. The summed E-state index contributed by atoms with van der Waals surface area (Å²) >= 11 is 0. The van der Waals surface area contributed by atoms with Crippen molar-refractivity contribution in [3.05, 3.63) is 65.5 Å². The number of rotatable bonds is 2. The highest BCUT2D eigenvalue weighted by Gasteiger charge is 2.16. The standard InChI is InChI=1S/C13H8F2N2/c14-10-5-9(6-11(15)7-10)12(8-16)13-3-1-2-4-17-13/h1-7,12H. The molecule has 1 aromatic carbocycles. The zero-order valence-electron chi connectivity index (χ0n) is 8.77. The van der Waals surface area contributed by atoms with E-state index in [1.165, 1.54) is 6.20 Å². The minimum Gasteiger partial charge on any atom is -0.260 e. The second-order valence-electron chi connectivity index (χ2n) is 3.52. The van der Waals surface area contributed by atoms with Gasteiger partial charge in [0.2, 0.25) is 0 Å². The fourth-order valence-electron chi connectivity index (χ4n) is 1.60. The van der Waals surface area contributed by atoms with E-state index in [4.69, 9.17) is 5.26 Å². The molecule has 0 saturated carbocycles. The summed E-state index contributed by atoms with van der Waals surface area (Å²) in [6.45, 7) is 0. The molecule has 0 fully saturated rings. The molecular weight excluding hydrogens is 222 g/mol. The third-order valence-electron chi connectivity index (χ3n) is 2.33. The quantitative estimate of drug-likeness (QED) is 0.795. The molecule has 2 nitrogen and oxygen atoms in total. The normalized spacial score (nSPS) is 11.8. The number of pyridine rings is 1. The summed E-state index contributed by atoms with van der Waals surface area (Å²) < 4.78 is 26.1. The SMILES string of the molecule is N#CC(c1cc(F)cc(F)c1)c1ccccn1. The van der Waals surface area contributed by atoms with Crippen LogP contribution in [0.1, 0.15) is 17.2 Å². The third kappa shape index (κ3) is 2.45. The molecule has 1 heterocycles. The van der Waals surface area contributed by atoms with E-state index >= 15 is 0 Å². The summed E-state index contributed by atoms with van der Waals surface area (Å²) in [5, 5.41) is 9.08. The fraction of sp³-hybridized carbons (Fsp3) is 0.0769. The summed E-state index contributed by atoms with van der Waals surface area (Å²) in [5.74, 6) is -2.16. The van der Waals surface area contributed by atoms with Crippen LogP contribution in [0.2, 0.25) is 0 Å². The minimum absolute atomic E-state index is 0.267. The first-order valence-corrected chi connectivity index (χ1v) is 4.97. The highest BCUT2D eigenvalue weighted by atomic mass is 19.1. The van der Waals surface area contributed by atoms with Crippen molar-refractivity contribution in [2.75, 3.05) is 0 Å². The smallest absolute Gasteiger partial charge is 0.126 e. The second kappa shape index (κ2) is 4.71. The van der Waals surface area contributed by atoms with Crippen LogP contribution in [0.25, 0.3) is 0 Å². The maximum Gasteiger partial charge on any atom is 0.126 e. The highest BCUT2D eigenvalue weighted by Crippen LogP contribution is 2.23. The molecule has 0 N–H and O–H groups in total. The Kier molecular flexibility index (Phi) is 3.10. The van der Waals surface area contributed by atoms with Crippen molar-refractivity contribution in [3.8, 4) is 6.07 Å². The van der Waals surface area contributed by atoms with E-state index in [0.717, 1.165) is 18.2 Å². The van der Waals surface area contributed by atoms with Crippen LogP contribution in [-0.2, 0) is 0 Å². The lowest BCUT2D eigenvalue weighted by atomic mass is 9.96. The molecule has 0 bridgehead atoms. The topological polar surface area (TPSA) is 36.7 Å². The van der Waals surface area contributed by atoms with E-state index in [-0.39, 0.29) is 5.56 Å². The predicted octanol–water partition coefficient (Wildman–Crippen LogP) is 3.02. The second-order valence-corrected chi connectivity index (χ2v) is 3.52. The van der Waals surface area contributed by atoms with Crippen LogP contribution in [-0.4, -0.2) is 4.98 Å². The molecule has 1 aromatic heterocycles. The summed E-state index contributed by atoms with van der Waals surface area (Å²) in [7, 11) is 0. The number of hydrogen-bond donors (Lipinski definition) is 0. The Hall–Kier alpha value is -2.28. The van der Waals surface area contributed by atoms with Crippen molar-refractivity contribution in [2.24, 2.45) is 0 Å². The van der Waals surface area contributed by atoms with Gasteiger partial charge in [-0.1, -0.05) is 6.07 Å². The lowest BCUT2D eigenvalue weighted by molar-refractivity contribution is 0.579. The lowest BCUT2D eigenvalue weighted by Gasteiger charge is -2.08. The van der Waals surface area contributed by atoms with Gasteiger partial charge < -0.3 is 0 Å². The molecule has 2 aromatic rings. The fourth-order valence-corrected chi connectivity index (χ4v) is 1.60. The zero-order chi connectivity index (χ0) is 12.3. The van der Waals surface area contributed by atoms with Gasteiger partial charge in [-0.2, -0.15) is 5.26 Å². The molecule has 0 amide bonds. The molecular formula is C13H8F2N2. The molecule has 0 aliphatic heterocycles. The van der Waals surface area contributed by atoms with Crippen LogP contribution in [0.5, 0.6) is 0 Å². The van der Waals surface area contributed by atoms with Gasteiger partial charge in [-0.25, -0.2) is 8.78 Å². The van der Waals surface area contributed by atoms with Crippen molar-refractivity contribution in [1.82, 2.24) is 4.98 Å². The number of hydrogen-bond acceptors (Lipinski definition) is 2. The molecule has 2 rings (SSSR count). The van der Waals surface area contributed by atoms with Gasteiger partial charge in [0.25, 0.3) is 0 Å². The molecule has 1 atom stereocenters. The third-order valence-corrected chi connectivity index (χ3v) is 2.33.